The van der Waals surface area contributed by atoms with E-state index in [0.717, 1.165) is 5.56 Å². The van der Waals surface area contributed by atoms with Gasteiger partial charge in [-0.2, -0.15) is 11.3 Å². The zero-order valence-corrected chi connectivity index (χ0v) is 10.4. The van der Waals surface area contributed by atoms with Crippen LogP contribution >= 0.6 is 11.3 Å². The van der Waals surface area contributed by atoms with Crippen LogP contribution in [0.2, 0.25) is 0 Å². The zero-order valence-electron chi connectivity index (χ0n) is 9.54. The van der Waals surface area contributed by atoms with E-state index < -0.39 is 0 Å². The van der Waals surface area contributed by atoms with Gasteiger partial charge in [0.25, 0.3) is 0 Å². The molecular weight excluding hydrogens is 224 g/mol. The molecule has 0 unspecified atom stereocenters. The lowest BCUT2D eigenvalue weighted by atomic mass is 10.1. The third-order valence-electron chi connectivity index (χ3n) is 2.43. The molecule has 0 spiro atoms. The minimum absolute atomic E-state index is 1.16. The van der Waals surface area contributed by atoms with Crippen LogP contribution in [0.5, 0.6) is 0 Å². The van der Waals surface area contributed by atoms with Crippen molar-refractivity contribution in [2.24, 2.45) is 0 Å². The van der Waals surface area contributed by atoms with Crippen molar-refractivity contribution in [2.75, 3.05) is 0 Å². The second-order valence-electron chi connectivity index (χ2n) is 3.61. The number of benzene rings is 1. The van der Waals surface area contributed by atoms with E-state index in [1.54, 1.807) is 11.3 Å². The van der Waals surface area contributed by atoms with E-state index in [-0.39, 0.29) is 0 Å². The summed E-state index contributed by atoms with van der Waals surface area (Å²) in [7, 11) is 0. The highest BCUT2D eigenvalue weighted by molar-refractivity contribution is 7.08. The Bertz CT molecular complexity index is 530. The summed E-state index contributed by atoms with van der Waals surface area (Å²) >= 11 is 1.71. The van der Waals surface area contributed by atoms with Crippen LogP contribution in [0.3, 0.4) is 0 Å². The Labute approximate surface area is 106 Å². The molecule has 1 heterocycles. The van der Waals surface area contributed by atoms with Crippen LogP contribution in [-0.4, -0.2) is 0 Å². The summed E-state index contributed by atoms with van der Waals surface area (Å²) in [5, 5.41) is 4.21. The highest BCUT2D eigenvalue weighted by Gasteiger charge is 1.91. The van der Waals surface area contributed by atoms with E-state index in [9.17, 15) is 0 Å². The highest BCUT2D eigenvalue weighted by Crippen LogP contribution is 2.12. The van der Waals surface area contributed by atoms with Crippen LogP contribution in [0.1, 0.15) is 16.7 Å². The molecule has 0 radical (unpaired) electrons. The zero-order chi connectivity index (χ0) is 11.9. The van der Waals surface area contributed by atoms with E-state index in [1.165, 1.54) is 11.1 Å². The topological polar surface area (TPSA) is 0 Å². The molecular formula is C16H14S. The second-order valence-corrected chi connectivity index (χ2v) is 4.39. The molecule has 0 N–H and O–H groups in total. The van der Waals surface area contributed by atoms with E-state index in [0.29, 0.717) is 0 Å². The van der Waals surface area contributed by atoms with Gasteiger partial charge in [0, 0.05) is 0 Å². The fraction of sp³-hybridized carbons (Fsp3) is 0. The molecule has 0 nitrogen and oxygen atoms in total. The Balaban J connectivity index is 2.08. The molecule has 0 aliphatic carbocycles. The summed E-state index contributed by atoms with van der Waals surface area (Å²) in [5.41, 5.74) is 3.60. The normalized spacial score (nSPS) is 11.3. The average Bonchev–Trinajstić information content (AvgIpc) is 2.88. The van der Waals surface area contributed by atoms with Crippen LogP contribution in [-0.2, 0) is 0 Å². The maximum atomic E-state index is 3.81. The van der Waals surface area contributed by atoms with Crippen LogP contribution < -0.4 is 0 Å². The minimum Gasteiger partial charge on any atom is -0.152 e. The van der Waals surface area contributed by atoms with Crippen molar-refractivity contribution < 1.29 is 0 Å². The Hall–Kier alpha value is -1.86. The van der Waals surface area contributed by atoms with Gasteiger partial charge in [0.05, 0.1) is 0 Å². The van der Waals surface area contributed by atoms with Crippen molar-refractivity contribution in [3.63, 3.8) is 0 Å². The monoisotopic (exact) mass is 238 g/mol. The van der Waals surface area contributed by atoms with Crippen LogP contribution in [0, 0.1) is 0 Å². The molecule has 1 aromatic carbocycles. The largest absolute Gasteiger partial charge is 0.152 e. The molecule has 0 atom stereocenters. The van der Waals surface area contributed by atoms with E-state index in [1.807, 2.05) is 18.2 Å². The molecule has 1 heteroatoms. The maximum Gasteiger partial charge on any atom is -0.00208 e. The average molecular weight is 238 g/mol. The fourth-order valence-corrected chi connectivity index (χ4v) is 2.17. The molecule has 0 amide bonds. The van der Waals surface area contributed by atoms with Gasteiger partial charge in [-0.1, -0.05) is 61.2 Å². The molecule has 0 aliphatic heterocycles. The molecule has 0 saturated heterocycles. The molecule has 2 aromatic rings. The summed E-state index contributed by atoms with van der Waals surface area (Å²) in [6, 6.07) is 10.3. The van der Waals surface area contributed by atoms with Gasteiger partial charge in [-0.05, 0) is 33.5 Å². The van der Waals surface area contributed by atoms with Crippen molar-refractivity contribution in [1.29, 1.82) is 0 Å². The highest BCUT2D eigenvalue weighted by atomic mass is 32.1. The number of thiophene rings is 1. The molecule has 0 aliphatic rings. The summed E-state index contributed by atoms with van der Waals surface area (Å²) in [6.45, 7) is 3.81. The van der Waals surface area contributed by atoms with Gasteiger partial charge in [0.15, 0.2) is 0 Å². The van der Waals surface area contributed by atoms with E-state index in [2.05, 4.69) is 59.8 Å². The molecule has 84 valence electrons. The smallest absolute Gasteiger partial charge is 0.00208 e. The molecule has 0 saturated carbocycles. The van der Waals surface area contributed by atoms with Gasteiger partial charge in [0.1, 0.15) is 0 Å². The van der Waals surface area contributed by atoms with Crippen molar-refractivity contribution in [2.45, 2.75) is 0 Å². The number of allylic oxidation sites excluding steroid dienone is 2. The lowest BCUT2D eigenvalue weighted by Crippen LogP contribution is -1.77. The fourth-order valence-electron chi connectivity index (χ4n) is 1.54. The first-order chi connectivity index (χ1) is 8.40. The molecule has 0 bridgehead atoms. The SMILES string of the molecule is C=Cc1ccccc1/C=C\C=C\c1ccsc1. The van der Waals surface area contributed by atoms with Crippen molar-refractivity contribution in [3.8, 4) is 0 Å². The maximum absolute atomic E-state index is 3.81. The summed E-state index contributed by atoms with van der Waals surface area (Å²) in [6.07, 6.45) is 10.2. The number of hydrogen-bond acceptors (Lipinski definition) is 1. The lowest BCUT2D eigenvalue weighted by Gasteiger charge is -1.98. The van der Waals surface area contributed by atoms with Gasteiger partial charge < -0.3 is 0 Å². The first-order valence-corrected chi connectivity index (χ1v) is 6.43. The Morgan fingerprint density at radius 2 is 1.71 bits per heavy atom. The standard InChI is InChI=1S/C16H14S/c1-2-15-8-5-6-10-16(15)9-4-3-7-14-11-12-17-13-14/h2-13H,1H2/b7-3+,9-4-. The predicted molar refractivity (Wildman–Crippen MR) is 78.9 cm³/mol. The lowest BCUT2D eigenvalue weighted by molar-refractivity contribution is 1.61. The third kappa shape index (κ3) is 3.30. The van der Waals surface area contributed by atoms with Crippen LogP contribution in [0.4, 0.5) is 0 Å². The Kier molecular flexibility index (Phi) is 4.11. The molecule has 17 heavy (non-hydrogen) atoms. The summed E-state index contributed by atoms with van der Waals surface area (Å²) in [5.74, 6) is 0. The predicted octanol–water partition coefficient (Wildman–Crippen LogP) is 5.12. The van der Waals surface area contributed by atoms with Gasteiger partial charge in [-0.25, -0.2) is 0 Å². The number of rotatable bonds is 4. The Morgan fingerprint density at radius 1 is 0.941 bits per heavy atom. The van der Waals surface area contributed by atoms with Crippen molar-refractivity contribution in [3.05, 3.63) is 76.5 Å². The van der Waals surface area contributed by atoms with E-state index >= 15 is 0 Å². The van der Waals surface area contributed by atoms with Crippen LogP contribution in [0.25, 0.3) is 18.2 Å². The molecule has 1 aromatic heterocycles. The van der Waals surface area contributed by atoms with Gasteiger partial charge in [-0.3, -0.25) is 0 Å². The van der Waals surface area contributed by atoms with Crippen molar-refractivity contribution >= 4 is 29.6 Å². The third-order valence-corrected chi connectivity index (χ3v) is 3.14. The Morgan fingerprint density at radius 3 is 2.41 bits per heavy atom. The van der Waals surface area contributed by atoms with Crippen molar-refractivity contribution in [1.82, 2.24) is 0 Å². The van der Waals surface area contributed by atoms with E-state index in [4.69, 9.17) is 0 Å². The second kappa shape index (κ2) is 6.02. The van der Waals surface area contributed by atoms with Gasteiger partial charge in [0.2, 0.25) is 0 Å². The first kappa shape index (κ1) is 11.6. The number of hydrogen-bond donors (Lipinski definition) is 0. The van der Waals surface area contributed by atoms with Crippen LogP contribution in [0.15, 0.2) is 59.8 Å². The molecule has 2 rings (SSSR count). The molecule has 0 fully saturated rings. The summed E-state index contributed by atoms with van der Waals surface area (Å²) < 4.78 is 0. The summed E-state index contributed by atoms with van der Waals surface area (Å²) in [4.78, 5) is 0. The van der Waals surface area contributed by atoms with Gasteiger partial charge in [-0.15, -0.1) is 0 Å². The van der Waals surface area contributed by atoms with Gasteiger partial charge >= 0.3 is 0 Å². The quantitative estimate of drug-likeness (QED) is 0.649. The first-order valence-electron chi connectivity index (χ1n) is 5.48. The minimum atomic E-state index is 1.16.